The van der Waals surface area contributed by atoms with Crippen LogP contribution in [-0.4, -0.2) is 28.2 Å². The van der Waals surface area contributed by atoms with Crippen molar-refractivity contribution in [2.45, 2.75) is 39.5 Å². The summed E-state index contributed by atoms with van der Waals surface area (Å²) in [7, 11) is 0. The van der Waals surface area contributed by atoms with Gasteiger partial charge in [-0.05, 0) is 25.7 Å². The van der Waals surface area contributed by atoms with Crippen molar-refractivity contribution in [1.29, 1.82) is 0 Å². The average molecular weight is 235 g/mol. The maximum atomic E-state index is 9.24. The molecule has 94 valence electrons. The zero-order valence-corrected chi connectivity index (χ0v) is 10.7. The van der Waals surface area contributed by atoms with Crippen molar-refractivity contribution in [1.82, 2.24) is 9.97 Å². The second kappa shape index (κ2) is 5.00. The van der Waals surface area contributed by atoms with Crippen LogP contribution in [0.15, 0.2) is 6.33 Å². The third-order valence-electron chi connectivity index (χ3n) is 3.29. The van der Waals surface area contributed by atoms with Crippen molar-refractivity contribution in [2.24, 2.45) is 5.41 Å². The fraction of sp³-hybridized carbons (Fsp3) is 0.692. The first-order valence-electron chi connectivity index (χ1n) is 6.30. The van der Waals surface area contributed by atoms with Gasteiger partial charge < -0.3 is 10.4 Å². The molecule has 1 aromatic heterocycles. The van der Waals surface area contributed by atoms with Crippen LogP contribution in [0.5, 0.6) is 0 Å². The van der Waals surface area contributed by atoms with Gasteiger partial charge in [-0.1, -0.05) is 13.8 Å². The van der Waals surface area contributed by atoms with E-state index >= 15 is 0 Å². The lowest BCUT2D eigenvalue weighted by molar-refractivity contribution is 0.170. The number of nitrogens with one attached hydrogen (secondary N) is 1. The normalized spacial score (nSPS) is 15.5. The van der Waals surface area contributed by atoms with Gasteiger partial charge in [0.25, 0.3) is 0 Å². The van der Waals surface area contributed by atoms with Crippen LogP contribution in [0.25, 0.3) is 0 Å². The van der Waals surface area contributed by atoms with Crippen molar-refractivity contribution in [3.8, 4) is 0 Å². The van der Waals surface area contributed by atoms with Crippen LogP contribution < -0.4 is 5.32 Å². The Labute approximate surface area is 102 Å². The SMILES string of the molecule is CC(C)(CO)CNc1ncnc2c1CCCC2. The lowest BCUT2D eigenvalue weighted by atomic mass is 9.94. The van der Waals surface area contributed by atoms with Crippen molar-refractivity contribution in [3.63, 3.8) is 0 Å². The standard InChI is InChI=1S/C13H21N3O/c1-13(2,8-17)7-14-12-10-5-3-4-6-11(10)15-9-16-12/h9,17H,3-8H2,1-2H3,(H,14,15,16). The van der Waals surface area contributed by atoms with Crippen LogP contribution in [0.4, 0.5) is 5.82 Å². The summed E-state index contributed by atoms with van der Waals surface area (Å²) in [5.74, 6) is 0.955. The molecule has 0 aliphatic heterocycles. The van der Waals surface area contributed by atoms with Crippen molar-refractivity contribution < 1.29 is 5.11 Å². The van der Waals surface area contributed by atoms with Gasteiger partial charge in [-0.3, -0.25) is 0 Å². The van der Waals surface area contributed by atoms with Crippen molar-refractivity contribution >= 4 is 5.82 Å². The van der Waals surface area contributed by atoms with E-state index in [4.69, 9.17) is 0 Å². The molecule has 0 amide bonds. The maximum absolute atomic E-state index is 9.24. The summed E-state index contributed by atoms with van der Waals surface area (Å²) in [5, 5.41) is 12.6. The van der Waals surface area contributed by atoms with Crippen LogP contribution in [0.1, 0.15) is 37.9 Å². The number of hydrogen-bond donors (Lipinski definition) is 2. The van der Waals surface area contributed by atoms with Crippen LogP contribution in [0.2, 0.25) is 0 Å². The van der Waals surface area contributed by atoms with Gasteiger partial charge in [0.2, 0.25) is 0 Å². The Balaban J connectivity index is 2.11. The molecule has 4 heteroatoms. The van der Waals surface area contributed by atoms with Gasteiger partial charge in [-0.25, -0.2) is 9.97 Å². The predicted molar refractivity (Wildman–Crippen MR) is 68.0 cm³/mol. The third-order valence-corrected chi connectivity index (χ3v) is 3.29. The number of aromatic nitrogens is 2. The minimum absolute atomic E-state index is 0.119. The highest BCUT2D eigenvalue weighted by Crippen LogP contribution is 2.25. The fourth-order valence-corrected chi connectivity index (χ4v) is 2.05. The summed E-state index contributed by atoms with van der Waals surface area (Å²) in [6.07, 6.45) is 6.22. The minimum Gasteiger partial charge on any atom is -0.396 e. The molecule has 1 aromatic rings. The molecule has 1 aliphatic rings. The highest BCUT2D eigenvalue weighted by atomic mass is 16.3. The van der Waals surface area contributed by atoms with E-state index in [0.717, 1.165) is 25.2 Å². The van der Waals surface area contributed by atoms with Crippen LogP contribution in [-0.2, 0) is 12.8 Å². The molecule has 17 heavy (non-hydrogen) atoms. The zero-order valence-electron chi connectivity index (χ0n) is 10.7. The molecule has 1 aliphatic carbocycles. The Bertz CT molecular complexity index is 390. The van der Waals surface area contributed by atoms with E-state index in [9.17, 15) is 5.11 Å². The van der Waals surface area contributed by atoms with E-state index in [-0.39, 0.29) is 12.0 Å². The van der Waals surface area contributed by atoms with E-state index in [0.29, 0.717) is 0 Å². The smallest absolute Gasteiger partial charge is 0.132 e. The largest absolute Gasteiger partial charge is 0.396 e. The molecular formula is C13H21N3O. The average Bonchev–Trinajstić information content (AvgIpc) is 2.36. The molecule has 1 heterocycles. The number of rotatable bonds is 4. The Morgan fingerprint density at radius 2 is 2.06 bits per heavy atom. The summed E-state index contributed by atoms with van der Waals surface area (Å²) >= 11 is 0. The first-order chi connectivity index (χ1) is 8.12. The highest BCUT2D eigenvalue weighted by Gasteiger charge is 2.19. The molecule has 4 nitrogen and oxygen atoms in total. The van der Waals surface area contributed by atoms with E-state index in [1.165, 1.54) is 24.1 Å². The number of aliphatic hydroxyl groups is 1. The topological polar surface area (TPSA) is 58.0 Å². The molecule has 0 atom stereocenters. The van der Waals surface area contributed by atoms with Crippen LogP contribution in [0.3, 0.4) is 0 Å². The first kappa shape index (κ1) is 12.3. The maximum Gasteiger partial charge on any atom is 0.132 e. The highest BCUT2D eigenvalue weighted by molar-refractivity contribution is 5.47. The molecule has 0 spiro atoms. The predicted octanol–water partition coefficient (Wildman–Crippen LogP) is 1.79. The van der Waals surface area contributed by atoms with Gasteiger partial charge >= 0.3 is 0 Å². The number of aryl methyl sites for hydroxylation is 1. The molecule has 0 fully saturated rings. The number of nitrogens with zero attached hydrogens (tertiary/aromatic N) is 2. The second-order valence-corrected chi connectivity index (χ2v) is 5.53. The van der Waals surface area contributed by atoms with Crippen LogP contribution in [0, 0.1) is 5.41 Å². The molecule has 0 bridgehead atoms. The molecule has 2 rings (SSSR count). The molecule has 0 radical (unpaired) electrons. The Kier molecular flexibility index (Phi) is 3.62. The Morgan fingerprint density at radius 3 is 2.82 bits per heavy atom. The van der Waals surface area contributed by atoms with Crippen molar-refractivity contribution in [3.05, 3.63) is 17.6 Å². The molecular weight excluding hydrogens is 214 g/mol. The summed E-state index contributed by atoms with van der Waals surface area (Å²) in [6.45, 7) is 4.97. The third kappa shape index (κ3) is 2.94. The summed E-state index contributed by atoms with van der Waals surface area (Å²) in [6, 6.07) is 0. The van der Waals surface area contributed by atoms with Gasteiger partial charge in [0, 0.05) is 29.8 Å². The Morgan fingerprint density at radius 1 is 1.29 bits per heavy atom. The van der Waals surface area contributed by atoms with E-state index in [2.05, 4.69) is 15.3 Å². The Hall–Kier alpha value is -1.16. The monoisotopic (exact) mass is 235 g/mol. The van der Waals surface area contributed by atoms with E-state index in [1.54, 1.807) is 6.33 Å². The van der Waals surface area contributed by atoms with Crippen LogP contribution >= 0.6 is 0 Å². The quantitative estimate of drug-likeness (QED) is 0.835. The lowest BCUT2D eigenvalue weighted by Crippen LogP contribution is -2.28. The van der Waals surface area contributed by atoms with Gasteiger partial charge in [-0.15, -0.1) is 0 Å². The fourth-order valence-electron chi connectivity index (χ4n) is 2.05. The summed E-state index contributed by atoms with van der Waals surface area (Å²) in [5.41, 5.74) is 2.34. The summed E-state index contributed by atoms with van der Waals surface area (Å²) in [4.78, 5) is 8.67. The van der Waals surface area contributed by atoms with Crippen molar-refractivity contribution in [2.75, 3.05) is 18.5 Å². The van der Waals surface area contributed by atoms with Gasteiger partial charge in [-0.2, -0.15) is 0 Å². The second-order valence-electron chi connectivity index (χ2n) is 5.53. The first-order valence-corrected chi connectivity index (χ1v) is 6.30. The molecule has 0 aromatic carbocycles. The number of fused-ring (bicyclic) bond motifs is 1. The van der Waals surface area contributed by atoms with E-state index < -0.39 is 0 Å². The number of hydrogen-bond acceptors (Lipinski definition) is 4. The molecule has 2 N–H and O–H groups in total. The van der Waals surface area contributed by atoms with E-state index in [1.807, 2.05) is 13.8 Å². The van der Waals surface area contributed by atoms with Gasteiger partial charge in [0.1, 0.15) is 12.1 Å². The lowest BCUT2D eigenvalue weighted by Gasteiger charge is -2.24. The van der Waals surface area contributed by atoms with Gasteiger partial charge in [0.15, 0.2) is 0 Å². The number of aliphatic hydroxyl groups excluding tert-OH is 1. The minimum atomic E-state index is -0.119. The molecule has 0 saturated carbocycles. The van der Waals surface area contributed by atoms with Gasteiger partial charge in [0.05, 0.1) is 0 Å². The summed E-state index contributed by atoms with van der Waals surface area (Å²) < 4.78 is 0. The number of anilines is 1. The molecule has 0 saturated heterocycles. The molecule has 0 unspecified atom stereocenters. The zero-order chi connectivity index (χ0) is 12.3.